The first-order chi connectivity index (χ1) is 12.3. The number of anilines is 1. The van der Waals surface area contributed by atoms with Gasteiger partial charge in [-0.1, -0.05) is 24.3 Å². The minimum Gasteiger partial charge on any atom is -0.468 e. The fourth-order valence-electron chi connectivity index (χ4n) is 2.75. The Hall–Kier alpha value is -2.81. The molecule has 0 saturated heterocycles. The minimum absolute atomic E-state index is 0.201. The van der Waals surface area contributed by atoms with Crippen LogP contribution >= 0.6 is 0 Å². The van der Waals surface area contributed by atoms with E-state index in [9.17, 15) is 23.1 Å². The second kappa shape index (κ2) is 7.20. The third kappa shape index (κ3) is 4.42. The molecule has 6 nitrogen and oxygen atoms in total. The number of hydrogen-bond acceptors (Lipinski definition) is 4. The first-order valence-electron chi connectivity index (χ1n) is 7.81. The number of alkyl halides is 3. The average molecular weight is 367 g/mol. The number of aliphatic hydroxyl groups excluding tert-OH is 1. The molecule has 3 N–H and O–H groups in total. The summed E-state index contributed by atoms with van der Waals surface area (Å²) in [5.41, 5.74) is 2.10. The van der Waals surface area contributed by atoms with Crippen molar-refractivity contribution in [3.05, 3.63) is 53.7 Å². The number of amides is 2. The number of fused-ring (bicyclic) bond motifs is 1. The largest absolute Gasteiger partial charge is 0.468 e. The Labute approximate surface area is 147 Å². The molecule has 3 rings (SSSR count). The molecule has 2 atom stereocenters. The van der Waals surface area contributed by atoms with Gasteiger partial charge in [-0.2, -0.15) is 13.2 Å². The van der Waals surface area contributed by atoms with E-state index in [2.05, 4.69) is 20.4 Å². The smallest absolute Gasteiger partial charge is 0.422 e. The highest BCUT2D eigenvalue weighted by Crippen LogP contribution is 2.31. The predicted octanol–water partition coefficient (Wildman–Crippen LogP) is 2.80. The van der Waals surface area contributed by atoms with Crippen LogP contribution in [0.2, 0.25) is 0 Å². The van der Waals surface area contributed by atoms with E-state index in [0.29, 0.717) is 6.42 Å². The Kier molecular flexibility index (Phi) is 4.99. The molecule has 0 unspecified atom stereocenters. The van der Waals surface area contributed by atoms with E-state index >= 15 is 0 Å². The van der Waals surface area contributed by atoms with Crippen molar-refractivity contribution in [3.8, 4) is 5.88 Å². The second-order valence-electron chi connectivity index (χ2n) is 5.84. The van der Waals surface area contributed by atoms with Gasteiger partial charge in [0, 0.05) is 12.5 Å². The van der Waals surface area contributed by atoms with Gasteiger partial charge in [0.1, 0.15) is 0 Å². The number of rotatable bonds is 4. The molecule has 0 saturated carbocycles. The summed E-state index contributed by atoms with van der Waals surface area (Å²) in [6, 6.07) is 8.92. The van der Waals surface area contributed by atoms with Crippen LogP contribution in [0.3, 0.4) is 0 Å². The molecule has 1 aromatic carbocycles. The van der Waals surface area contributed by atoms with Crippen LogP contribution in [-0.2, 0) is 6.42 Å². The molecule has 0 spiro atoms. The molecule has 26 heavy (non-hydrogen) atoms. The van der Waals surface area contributed by atoms with Gasteiger partial charge in [-0.3, -0.25) is 0 Å². The van der Waals surface area contributed by atoms with Crippen LogP contribution in [0.5, 0.6) is 5.88 Å². The van der Waals surface area contributed by atoms with Gasteiger partial charge in [0.2, 0.25) is 5.88 Å². The van der Waals surface area contributed by atoms with Gasteiger partial charge in [0.15, 0.2) is 6.61 Å². The molecule has 1 aromatic heterocycles. The lowest BCUT2D eigenvalue weighted by atomic mass is 10.1. The Bertz CT molecular complexity index is 781. The van der Waals surface area contributed by atoms with E-state index < -0.39 is 31.0 Å². The summed E-state index contributed by atoms with van der Waals surface area (Å²) < 4.78 is 40.7. The number of ether oxygens (including phenoxy) is 1. The van der Waals surface area contributed by atoms with Crippen LogP contribution < -0.4 is 15.4 Å². The monoisotopic (exact) mass is 367 g/mol. The summed E-state index contributed by atoms with van der Waals surface area (Å²) in [4.78, 5) is 15.8. The molecule has 1 aliphatic rings. The fourth-order valence-corrected chi connectivity index (χ4v) is 2.75. The summed E-state index contributed by atoms with van der Waals surface area (Å²) in [5, 5.41) is 15.3. The van der Waals surface area contributed by atoms with Gasteiger partial charge in [0.25, 0.3) is 0 Å². The molecule has 2 aromatic rings. The fraction of sp³-hybridized carbons (Fsp3) is 0.294. The SMILES string of the molecule is O=C(Nc1ccc(OCC(F)(F)F)nc1)N[C@@H]1c2ccccc2C[C@@H]1O. The lowest BCUT2D eigenvalue weighted by Crippen LogP contribution is -2.36. The molecule has 0 bridgehead atoms. The van der Waals surface area contributed by atoms with E-state index in [1.165, 1.54) is 18.3 Å². The molecule has 2 amide bonds. The highest BCUT2D eigenvalue weighted by Gasteiger charge is 2.32. The van der Waals surface area contributed by atoms with Crippen molar-refractivity contribution >= 4 is 11.7 Å². The van der Waals surface area contributed by atoms with Gasteiger partial charge in [-0.15, -0.1) is 0 Å². The van der Waals surface area contributed by atoms with Crippen LogP contribution in [0, 0.1) is 0 Å². The number of carbonyl (C=O) groups excluding carboxylic acids is 1. The van der Waals surface area contributed by atoms with Crippen molar-refractivity contribution in [1.29, 1.82) is 0 Å². The topological polar surface area (TPSA) is 83.5 Å². The zero-order valence-electron chi connectivity index (χ0n) is 13.5. The van der Waals surface area contributed by atoms with Crippen LogP contribution in [0.25, 0.3) is 0 Å². The second-order valence-corrected chi connectivity index (χ2v) is 5.84. The number of hydrogen-bond donors (Lipinski definition) is 3. The van der Waals surface area contributed by atoms with Crippen LogP contribution in [0.15, 0.2) is 42.6 Å². The minimum atomic E-state index is -4.45. The number of aliphatic hydroxyl groups is 1. The third-order valence-corrected chi connectivity index (χ3v) is 3.87. The van der Waals surface area contributed by atoms with Crippen molar-refractivity contribution in [2.75, 3.05) is 11.9 Å². The quantitative estimate of drug-likeness (QED) is 0.776. The standard InChI is InChI=1S/C17H16F3N3O3/c18-17(19,20)9-26-14-6-5-11(8-21-14)22-16(25)23-15-12-4-2-1-3-10(12)7-13(15)24/h1-6,8,13,15,24H,7,9H2,(H2,22,23,25)/t13-,15+/m0/s1. The molecule has 0 fully saturated rings. The predicted molar refractivity (Wildman–Crippen MR) is 86.8 cm³/mol. The summed E-state index contributed by atoms with van der Waals surface area (Å²) >= 11 is 0. The van der Waals surface area contributed by atoms with Gasteiger partial charge in [-0.25, -0.2) is 9.78 Å². The number of nitrogens with one attached hydrogen (secondary N) is 2. The van der Waals surface area contributed by atoms with Gasteiger partial charge >= 0.3 is 12.2 Å². The van der Waals surface area contributed by atoms with Gasteiger partial charge in [0.05, 0.1) is 24.0 Å². The van der Waals surface area contributed by atoms with E-state index in [4.69, 9.17) is 0 Å². The van der Waals surface area contributed by atoms with Crippen molar-refractivity contribution in [2.45, 2.75) is 24.7 Å². The lowest BCUT2D eigenvalue weighted by Gasteiger charge is -2.18. The summed E-state index contributed by atoms with van der Waals surface area (Å²) in [5.74, 6) is -0.201. The van der Waals surface area contributed by atoms with Crippen molar-refractivity contribution in [1.82, 2.24) is 10.3 Å². The number of aromatic nitrogens is 1. The molecule has 1 heterocycles. The Morgan fingerprint density at radius 3 is 2.73 bits per heavy atom. The van der Waals surface area contributed by atoms with E-state index in [1.54, 1.807) is 0 Å². The zero-order valence-corrected chi connectivity index (χ0v) is 13.5. The number of benzene rings is 1. The normalized spacial score (nSPS) is 18.9. The molecule has 1 aliphatic carbocycles. The maximum atomic E-state index is 12.1. The molecular weight excluding hydrogens is 351 g/mol. The third-order valence-electron chi connectivity index (χ3n) is 3.87. The first kappa shape index (κ1) is 18.0. The number of urea groups is 1. The maximum absolute atomic E-state index is 12.1. The highest BCUT2D eigenvalue weighted by atomic mass is 19.4. The molecule has 0 aliphatic heterocycles. The number of nitrogens with zero attached hydrogens (tertiary/aromatic N) is 1. The van der Waals surface area contributed by atoms with E-state index in [0.717, 1.165) is 11.1 Å². The number of halogens is 3. The summed E-state index contributed by atoms with van der Waals surface area (Å²) in [7, 11) is 0. The van der Waals surface area contributed by atoms with E-state index in [-0.39, 0.29) is 11.6 Å². The Morgan fingerprint density at radius 1 is 1.27 bits per heavy atom. The maximum Gasteiger partial charge on any atom is 0.422 e. The van der Waals surface area contributed by atoms with Crippen LogP contribution in [-0.4, -0.2) is 35.0 Å². The summed E-state index contributed by atoms with van der Waals surface area (Å²) in [6.07, 6.45) is -3.54. The lowest BCUT2D eigenvalue weighted by molar-refractivity contribution is -0.154. The van der Waals surface area contributed by atoms with E-state index in [1.807, 2.05) is 24.3 Å². The number of pyridine rings is 1. The van der Waals surface area contributed by atoms with Crippen molar-refractivity contribution in [2.24, 2.45) is 0 Å². The van der Waals surface area contributed by atoms with Gasteiger partial charge in [-0.05, 0) is 17.2 Å². The summed E-state index contributed by atoms with van der Waals surface area (Å²) in [6.45, 7) is -1.44. The van der Waals surface area contributed by atoms with Crippen molar-refractivity contribution in [3.63, 3.8) is 0 Å². The average Bonchev–Trinajstić information content (AvgIpc) is 2.89. The first-order valence-corrected chi connectivity index (χ1v) is 7.81. The Morgan fingerprint density at radius 2 is 2.04 bits per heavy atom. The molecule has 138 valence electrons. The number of carbonyl (C=O) groups is 1. The zero-order chi connectivity index (χ0) is 18.7. The molecule has 0 radical (unpaired) electrons. The highest BCUT2D eigenvalue weighted by molar-refractivity contribution is 5.89. The Balaban J connectivity index is 1.57. The molecule has 9 heteroatoms. The van der Waals surface area contributed by atoms with Gasteiger partial charge < -0.3 is 20.5 Å². The van der Waals surface area contributed by atoms with Crippen LogP contribution in [0.1, 0.15) is 17.2 Å². The van der Waals surface area contributed by atoms with Crippen LogP contribution in [0.4, 0.5) is 23.7 Å². The van der Waals surface area contributed by atoms with Crippen molar-refractivity contribution < 1.29 is 27.8 Å². The molecular formula is C17H16F3N3O3.